The van der Waals surface area contributed by atoms with Crippen LogP contribution < -0.4 is 5.73 Å². The standard InChI is InChI=1S/C23H45N/c1-20-12-5-2-3-6-14-22(17-11-13-20)21-15-7-4-8-18-23(24)19-10-9-16-21/h20-23H,2-19,24H2,1H3/t20-,21?,22?,23?/m1/s1. The first-order chi connectivity index (χ1) is 11.8. The highest BCUT2D eigenvalue weighted by Crippen LogP contribution is 2.35. The zero-order valence-corrected chi connectivity index (χ0v) is 16.6. The number of hydrogen-bond acceptors (Lipinski definition) is 1. The van der Waals surface area contributed by atoms with E-state index in [0.717, 1.165) is 17.8 Å². The highest BCUT2D eigenvalue weighted by atomic mass is 14.6. The van der Waals surface area contributed by atoms with E-state index < -0.39 is 0 Å². The Morgan fingerprint density at radius 2 is 0.833 bits per heavy atom. The van der Waals surface area contributed by atoms with Crippen LogP contribution in [0.5, 0.6) is 0 Å². The zero-order chi connectivity index (χ0) is 17.0. The quantitative estimate of drug-likeness (QED) is 0.537. The van der Waals surface area contributed by atoms with E-state index in [1.54, 1.807) is 0 Å². The molecule has 0 radical (unpaired) electrons. The molecule has 0 spiro atoms. The van der Waals surface area contributed by atoms with Crippen molar-refractivity contribution in [2.75, 3.05) is 0 Å². The molecule has 2 saturated carbocycles. The first-order valence-corrected chi connectivity index (χ1v) is 11.5. The highest BCUT2D eigenvalue weighted by molar-refractivity contribution is 4.74. The summed E-state index contributed by atoms with van der Waals surface area (Å²) in [5.41, 5.74) is 6.25. The van der Waals surface area contributed by atoms with Crippen molar-refractivity contribution in [1.82, 2.24) is 0 Å². The summed E-state index contributed by atoms with van der Waals surface area (Å²) in [6.45, 7) is 2.49. The molecule has 0 aliphatic heterocycles. The van der Waals surface area contributed by atoms with Crippen molar-refractivity contribution >= 4 is 0 Å². The van der Waals surface area contributed by atoms with Gasteiger partial charge in [0.15, 0.2) is 0 Å². The summed E-state index contributed by atoms with van der Waals surface area (Å²) < 4.78 is 0. The molecule has 0 heterocycles. The van der Waals surface area contributed by atoms with Gasteiger partial charge in [0.05, 0.1) is 0 Å². The Morgan fingerprint density at radius 3 is 1.50 bits per heavy atom. The van der Waals surface area contributed by atoms with E-state index in [9.17, 15) is 0 Å². The van der Waals surface area contributed by atoms with Crippen LogP contribution in [-0.2, 0) is 0 Å². The highest BCUT2D eigenvalue weighted by Gasteiger charge is 2.22. The average Bonchev–Trinajstić information content (AvgIpc) is 2.65. The first kappa shape index (κ1) is 20.3. The molecule has 1 nitrogen and oxygen atoms in total. The van der Waals surface area contributed by atoms with Crippen LogP contribution in [0.15, 0.2) is 0 Å². The summed E-state index contributed by atoms with van der Waals surface area (Å²) in [6, 6.07) is 0.487. The van der Waals surface area contributed by atoms with Crippen molar-refractivity contribution in [2.24, 2.45) is 23.5 Å². The lowest BCUT2D eigenvalue weighted by Gasteiger charge is -2.28. The molecule has 0 aromatic heterocycles. The molecule has 24 heavy (non-hydrogen) atoms. The van der Waals surface area contributed by atoms with Gasteiger partial charge in [0.1, 0.15) is 0 Å². The number of nitrogens with two attached hydrogens (primary N) is 1. The van der Waals surface area contributed by atoms with Gasteiger partial charge in [0, 0.05) is 6.04 Å². The van der Waals surface area contributed by atoms with Gasteiger partial charge in [-0.25, -0.2) is 0 Å². The predicted molar refractivity (Wildman–Crippen MR) is 107 cm³/mol. The van der Waals surface area contributed by atoms with Crippen LogP contribution in [0.4, 0.5) is 0 Å². The lowest BCUT2D eigenvalue weighted by molar-refractivity contribution is 0.237. The molecule has 0 saturated heterocycles. The van der Waals surface area contributed by atoms with Crippen molar-refractivity contribution in [3.05, 3.63) is 0 Å². The summed E-state index contributed by atoms with van der Waals surface area (Å²) in [7, 11) is 0. The fourth-order valence-corrected chi connectivity index (χ4v) is 5.30. The molecule has 2 aliphatic carbocycles. The largest absolute Gasteiger partial charge is 0.328 e. The van der Waals surface area contributed by atoms with Crippen molar-refractivity contribution in [1.29, 1.82) is 0 Å². The summed E-state index contributed by atoms with van der Waals surface area (Å²) in [6.07, 6.45) is 26.1. The topological polar surface area (TPSA) is 26.0 Å². The van der Waals surface area contributed by atoms with Gasteiger partial charge in [0.25, 0.3) is 0 Å². The van der Waals surface area contributed by atoms with Gasteiger partial charge < -0.3 is 5.73 Å². The molecule has 2 aliphatic rings. The van der Waals surface area contributed by atoms with Gasteiger partial charge >= 0.3 is 0 Å². The average molecular weight is 336 g/mol. The van der Waals surface area contributed by atoms with Gasteiger partial charge in [-0.1, -0.05) is 110 Å². The van der Waals surface area contributed by atoms with E-state index in [-0.39, 0.29) is 0 Å². The van der Waals surface area contributed by atoms with Gasteiger partial charge in [-0.15, -0.1) is 0 Å². The van der Waals surface area contributed by atoms with Crippen molar-refractivity contribution in [2.45, 2.75) is 129 Å². The maximum atomic E-state index is 6.25. The molecule has 1 heteroatoms. The summed E-state index contributed by atoms with van der Waals surface area (Å²) in [4.78, 5) is 0. The SMILES string of the molecule is C[C@@H]1CCCCCCC(C2CCCCCC(N)CCCC2)CCC1. The molecule has 0 aromatic rings. The second-order valence-electron chi connectivity index (χ2n) is 9.23. The van der Waals surface area contributed by atoms with E-state index >= 15 is 0 Å². The minimum Gasteiger partial charge on any atom is -0.328 e. The Morgan fingerprint density at radius 1 is 0.458 bits per heavy atom. The number of hydrogen-bond donors (Lipinski definition) is 1. The summed E-state index contributed by atoms with van der Waals surface area (Å²) in [5.74, 6) is 3.03. The second kappa shape index (κ2) is 12.3. The molecule has 3 unspecified atom stereocenters. The van der Waals surface area contributed by atoms with E-state index in [1.165, 1.54) is 116 Å². The maximum Gasteiger partial charge on any atom is 0.00388 e. The fraction of sp³-hybridized carbons (Fsp3) is 1.00. The number of rotatable bonds is 1. The molecule has 2 fully saturated rings. The van der Waals surface area contributed by atoms with Crippen molar-refractivity contribution in [3.63, 3.8) is 0 Å². The van der Waals surface area contributed by atoms with E-state index in [2.05, 4.69) is 6.92 Å². The smallest absolute Gasteiger partial charge is 0.00388 e. The normalized spacial score (nSPS) is 36.2. The molecule has 2 N–H and O–H groups in total. The predicted octanol–water partition coefficient (Wildman–Crippen LogP) is 7.23. The Kier molecular flexibility index (Phi) is 10.4. The minimum atomic E-state index is 0.487. The van der Waals surface area contributed by atoms with Crippen LogP contribution in [0.1, 0.15) is 122 Å². The van der Waals surface area contributed by atoms with Crippen LogP contribution >= 0.6 is 0 Å². The lowest BCUT2D eigenvalue weighted by Crippen LogP contribution is -2.19. The van der Waals surface area contributed by atoms with Gasteiger partial charge in [-0.05, 0) is 30.6 Å². The van der Waals surface area contributed by atoms with Crippen LogP contribution in [-0.4, -0.2) is 6.04 Å². The van der Waals surface area contributed by atoms with Gasteiger partial charge in [-0.3, -0.25) is 0 Å². The third kappa shape index (κ3) is 8.37. The monoisotopic (exact) mass is 335 g/mol. The molecule has 0 bridgehead atoms. The third-order valence-corrected chi connectivity index (χ3v) is 7.01. The Balaban J connectivity index is 1.87. The molecule has 2 rings (SSSR count). The summed E-state index contributed by atoms with van der Waals surface area (Å²) in [5, 5.41) is 0. The van der Waals surface area contributed by atoms with Crippen molar-refractivity contribution in [3.8, 4) is 0 Å². The fourth-order valence-electron chi connectivity index (χ4n) is 5.30. The van der Waals surface area contributed by atoms with Crippen molar-refractivity contribution < 1.29 is 0 Å². The maximum absolute atomic E-state index is 6.25. The van der Waals surface area contributed by atoms with E-state index in [1.807, 2.05) is 0 Å². The Labute approximate surface area is 152 Å². The zero-order valence-electron chi connectivity index (χ0n) is 16.6. The van der Waals surface area contributed by atoms with E-state index in [0.29, 0.717) is 6.04 Å². The third-order valence-electron chi connectivity index (χ3n) is 7.01. The van der Waals surface area contributed by atoms with Crippen LogP contribution in [0, 0.1) is 17.8 Å². The Bertz CT molecular complexity index is 300. The molecule has 0 aromatic carbocycles. The second-order valence-corrected chi connectivity index (χ2v) is 9.23. The molecule has 4 atom stereocenters. The molecule has 142 valence electrons. The van der Waals surface area contributed by atoms with Crippen LogP contribution in [0.3, 0.4) is 0 Å². The lowest BCUT2D eigenvalue weighted by atomic mass is 9.78. The van der Waals surface area contributed by atoms with E-state index in [4.69, 9.17) is 5.73 Å². The van der Waals surface area contributed by atoms with Crippen LogP contribution in [0.25, 0.3) is 0 Å². The van der Waals surface area contributed by atoms with Gasteiger partial charge in [-0.2, -0.15) is 0 Å². The Hall–Kier alpha value is -0.0400. The van der Waals surface area contributed by atoms with Crippen LogP contribution in [0.2, 0.25) is 0 Å². The molecule has 0 amide bonds. The first-order valence-electron chi connectivity index (χ1n) is 11.5. The minimum absolute atomic E-state index is 0.487. The molecular formula is C23H45N. The summed E-state index contributed by atoms with van der Waals surface area (Å²) >= 11 is 0. The molecular weight excluding hydrogens is 290 g/mol. The van der Waals surface area contributed by atoms with Gasteiger partial charge in [0.2, 0.25) is 0 Å².